The third-order valence-corrected chi connectivity index (χ3v) is 5.32. The van der Waals surface area contributed by atoms with E-state index in [9.17, 15) is 5.11 Å². The molecule has 0 bridgehead atoms. The molecule has 2 aromatic heterocycles. The van der Waals surface area contributed by atoms with Crippen molar-refractivity contribution in [2.75, 3.05) is 31.2 Å². The molecule has 5 rings (SSSR count). The van der Waals surface area contributed by atoms with Crippen molar-refractivity contribution < 1.29 is 19.3 Å². The first-order chi connectivity index (χ1) is 12.2. The third-order valence-electron chi connectivity index (χ3n) is 5.04. The minimum Gasteiger partial charge on any atom is -0.456 e. The van der Waals surface area contributed by atoms with Gasteiger partial charge in [0.1, 0.15) is 24.1 Å². The Balaban J connectivity index is 1.39. The van der Waals surface area contributed by atoms with Crippen molar-refractivity contribution in [3.8, 4) is 6.01 Å². The Labute approximate surface area is 149 Å². The third kappa shape index (κ3) is 2.64. The van der Waals surface area contributed by atoms with E-state index in [-0.39, 0.29) is 24.9 Å². The highest BCUT2D eigenvalue weighted by Crippen LogP contribution is 2.32. The Hall–Kier alpha value is -1.61. The van der Waals surface area contributed by atoms with Gasteiger partial charge in [-0.3, -0.25) is 0 Å². The van der Waals surface area contributed by atoms with E-state index >= 15 is 0 Å². The lowest BCUT2D eigenvalue weighted by Gasteiger charge is -2.17. The van der Waals surface area contributed by atoms with E-state index in [1.165, 1.54) is 0 Å². The van der Waals surface area contributed by atoms with Crippen LogP contribution in [-0.4, -0.2) is 70.8 Å². The number of anilines is 1. The van der Waals surface area contributed by atoms with Crippen LogP contribution in [0, 0.1) is 0 Å². The molecule has 4 atom stereocenters. The van der Waals surface area contributed by atoms with E-state index in [2.05, 4.69) is 19.9 Å². The highest BCUT2D eigenvalue weighted by Gasteiger charge is 2.48. The SMILES string of the molecule is OC1COC2C(Oc3nc4nc(N5CCCC5)c(Cl)cc4[nH]3)COC12. The number of pyridine rings is 1. The lowest BCUT2D eigenvalue weighted by molar-refractivity contribution is 0.00706. The summed E-state index contributed by atoms with van der Waals surface area (Å²) < 4.78 is 17.0. The molecular weight excluding hydrogens is 348 g/mol. The van der Waals surface area contributed by atoms with Gasteiger partial charge in [0.25, 0.3) is 6.01 Å². The van der Waals surface area contributed by atoms with Gasteiger partial charge in [-0.1, -0.05) is 11.6 Å². The first kappa shape index (κ1) is 15.6. The van der Waals surface area contributed by atoms with Gasteiger partial charge in [0.05, 0.1) is 23.8 Å². The number of ether oxygens (including phenoxy) is 3. The monoisotopic (exact) mass is 366 g/mol. The lowest BCUT2D eigenvalue weighted by Crippen LogP contribution is -2.34. The Bertz CT molecular complexity index is 794. The van der Waals surface area contributed by atoms with E-state index in [1.807, 2.05) is 6.07 Å². The molecule has 3 aliphatic rings. The molecule has 5 heterocycles. The average molecular weight is 367 g/mol. The first-order valence-corrected chi connectivity index (χ1v) is 8.96. The van der Waals surface area contributed by atoms with Crippen molar-refractivity contribution in [2.24, 2.45) is 0 Å². The molecule has 25 heavy (non-hydrogen) atoms. The van der Waals surface area contributed by atoms with Crippen LogP contribution in [0.15, 0.2) is 6.07 Å². The molecule has 0 aliphatic carbocycles. The van der Waals surface area contributed by atoms with Gasteiger partial charge in [-0.15, -0.1) is 0 Å². The summed E-state index contributed by atoms with van der Waals surface area (Å²) in [5, 5.41) is 10.4. The number of aliphatic hydroxyl groups excluding tert-OH is 1. The van der Waals surface area contributed by atoms with Gasteiger partial charge in [-0.2, -0.15) is 4.98 Å². The van der Waals surface area contributed by atoms with Crippen molar-refractivity contribution >= 4 is 28.6 Å². The average Bonchev–Trinajstić information content (AvgIpc) is 3.34. The zero-order chi connectivity index (χ0) is 17.0. The number of hydrogen-bond donors (Lipinski definition) is 2. The number of halogens is 1. The number of H-pyrrole nitrogens is 1. The number of rotatable bonds is 3. The van der Waals surface area contributed by atoms with Crippen LogP contribution in [0.25, 0.3) is 11.2 Å². The normalized spacial score (nSPS) is 31.8. The first-order valence-electron chi connectivity index (χ1n) is 8.58. The molecule has 3 saturated heterocycles. The summed E-state index contributed by atoms with van der Waals surface area (Å²) in [6.45, 7) is 2.56. The summed E-state index contributed by atoms with van der Waals surface area (Å²) in [5.41, 5.74) is 1.30. The molecule has 134 valence electrons. The van der Waals surface area contributed by atoms with Gasteiger partial charge >= 0.3 is 0 Å². The van der Waals surface area contributed by atoms with Gasteiger partial charge in [0, 0.05) is 13.1 Å². The van der Waals surface area contributed by atoms with Crippen molar-refractivity contribution in [1.29, 1.82) is 0 Å². The molecule has 2 aromatic rings. The number of hydrogen-bond acceptors (Lipinski definition) is 7. The molecule has 2 N–H and O–H groups in total. The number of nitrogens with zero attached hydrogens (tertiary/aromatic N) is 3. The highest BCUT2D eigenvalue weighted by molar-refractivity contribution is 6.33. The Kier molecular flexibility index (Phi) is 3.74. The van der Waals surface area contributed by atoms with Gasteiger partial charge in [-0.25, -0.2) is 4.98 Å². The minimum absolute atomic E-state index is 0.270. The maximum absolute atomic E-state index is 9.80. The fourth-order valence-electron chi connectivity index (χ4n) is 3.78. The molecule has 3 aliphatic heterocycles. The van der Waals surface area contributed by atoms with Crippen LogP contribution in [0.5, 0.6) is 6.01 Å². The summed E-state index contributed by atoms with van der Waals surface area (Å²) in [5.74, 6) is 0.774. The van der Waals surface area contributed by atoms with Crippen molar-refractivity contribution in [3.63, 3.8) is 0 Å². The van der Waals surface area contributed by atoms with Gasteiger partial charge < -0.3 is 29.2 Å². The zero-order valence-electron chi connectivity index (χ0n) is 13.5. The van der Waals surface area contributed by atoms with E-state index in [4.69, 9.17) is 25.8 Å². The molecule has 4 unspecified atom stereocenters. The topological polar surface area (TPSA) is 92.7 Å². The molecule has 0 spiro atoms. The largest absolute Gasteiger partial charge is 0.456 e. The second-order valence-corrected chi connectivity index (χ2v) is 7.13. The predicted molar refractivity (Wildman–Crippen MR) is 90.2 cm³/mol. The Morgan fingerprint density at radius 3 is 2.84 bits per heavy atom. The van der Waals surface area contributed by atoms with Crippen LogP contribution in [0.3, 0.4) is 0 Å². The van der Waals surface area contributed by atoms with Crippen LogP contribution >= 0.6 is 11.6 Å². The number of imidazole rings is 1. The van der Waals surface area contributed by atoms with Gasteiger partial charge in [-0.05, 0) is 18.9 Å². The van der Waals surface area contributed by atoms with Crippen LogP contribution in [0.1, 0.15) is 12.8 Å². The maximum atomic E-state index is 9.80. The smallest absolute Gasteiger partial charge is 0.296 e. The van der Waals surface area contributed by atoms with Crippen LogP contribution < -0.4 is 9.64 Å². The van der Waals surface area contributed by atoms with E-state index < -0.39 is 6.10 Å². The van der Waals surface area contributed by atoms with Crippen molar-refractivity contribution in [2.45, 2.75) is 37.3 Å². The van der Waals surface area contributed by atoms with Crippen LogP contribution in [0.2, 0.25) is 5.02 Å². The minimum atomic E-state index is -0.599. The summed E-state index contributed by atoms with van der Waals surface area (Å²) in [4.78, 5) is 14.3. The molecule has 0 amide bonds. The molecule has 9 heteroatoms. The molecule has 3 fully saturated rings. The Morgan fingerprint density at radius 1 is 1.20 bits per heavy atom. The van der Waals surface area contributed by atoms with Crippen molar-refractivity contribution in [3.05, 3.63) is 11.1 Å². The number of aromatic amines is 1. The lowest BCUT2D eigenvalue weighted by atomic mass is 10.1. The maximum Gasteiger partial charge on any atom is 0.296 e. The van der Waals surface area contributed by atoms with Crippen molar-refractivity contribution in [1.82, 2.24) is 15.0 Å². The number of aromatic nitrogens is 3. The highest BCUT2D eigenvalue weighted by atomic mass is 35.5. The van der Waals surface area contributed by atoms with Gasteiger partial charge in [0.15, 0.2) is 11.8 Å². The van der Waals surface area contributed by atoms with E-state index in [0.29, 0.717) is 23.3 Å². The second-order valence-electron chi connectivity index (χ2n) is 6.72. The summed E-state index contributed by atoms with van der Waals surface area (Å²) in [7, 11) is 0. The number of fused-ring (bicyclic) bond motifs is 2. The number of aliphatic hydroxyl groups is 1. The summed E-state index contributed by atoms with van der Waals surface area (Å²) in [6.07, 6.45) is 0.792. The standard InChI is InChI=1S/C16H19ClN4O4/c17-8-5-9-14(19-15(8)21-3-1-2-4-21)20-16(18-9)25-11-7-24-12-10(22)6-23-13(11)12/h5,10-13,22H,1-4,6-7H2,(H,18,19,20). The Morgan fingerprint density at radius 2 is 2.00 bits per heavy atom. The molecular formula is C16H19ClN4O4. The predicted octanol–water partition coefficient (Wildman–Crippen LogP) is 1.12. The molecule has 0 saturated carbocycles. The fourth-order valence-corrected chi connectivity index (χ4v) is 4.05. The molecule has 0 aromatic carbocycles. The zero-order valence-corrected chi connectivity index (χ0v) is 14.3. The molecule has 0 radical (unpaired) electrons. The summed E-state index contributed by atoms with van der Waals surface area (Å²) >= 11 is 6.39. The van der Waals surface area contributed by atoms with E-state index in [1.54, 1.807) is 0 Å². The number of nitrogens with one attached hydrogen (secondary N) is 1. The molecule has 8 nitrogen and oxygen atoms in total. The van der Waals surface area contributed by atoms with Gasteiger partial charge in [0.2, 0.25) is 0 Å². The second kappa shape index (κ2) is 5.98. The summed E-state index contributed by atoms with van der Waals surface area (Å²) in [6, 6.07) is 2.19. The fraction of sp³-hybridized carbons (Fsp3) is 0.625. The van der Waals surface area contributed by atoms with Crippen LogP contribution in [-0.2, 0) is 9.47 Å². The van der Waals surface area contributed by atoms with Crippen LogP contribution in [0.4, 0.5) is 5.82 Å². The van der Waals surface area contributed by atoms with E-state index in [0.717, 1.165) is 37.3 Å². The quantitative estimate of drug-likeness (QED) is 0.840.